The fraction of sp³-hybridized carbons (Fsp3) is 0.130. The number of carbonyl (C=O) groups excluding carboxylic acids is 1. The minimum absolute atomic E-state index is 0.115. The third kappa shape index (κ3) is 3.85. The third-order valence-corrected chi connectivity index (χ3v) is 8.14. The third-order valence-electron chi connectivity index (χ3n) is 5.34. The lowest BCUT2D eigenvalue weighted by Gasteiger charge is -2.28. The molecule has 4 aromatic rings. The zero-order valence-electron chi connectivity index (χ0n) is 16.5. The maximum atomic E-state index is 13.2. The molecule has 5 rings (SSSR count). The van der Waals surface area contributed by atoms with Crippen LogP contribution in [0.4, 0.5) is 5.13 Å². The first-order chi connectivity index (χ1) is 15.0. The Labute approximate surface area is 184 Å². The Bertz CT molecular complexity index is 1360. The molecule has 156 valence electrons. The number of rotatable bonds is 4. The number of thiazole rings is 1. The quantitative estimate of drug-likeness (QED) is 0.504. The molecule has 0 fully saturated rings. The lowest BCUT2D eigenvalue weighted by Crippen LogP contribution is -2.36. The molecule has 2 heterocycles. The van der Waals surface area contributed by atoms with Crippen molar-refractivity contribution in [3.8, 4) is 0 Å². The van der Waals surface area contributed by atoms with Gasteiger partial charge in [0.25, 0.3) is 5.91 Å². The zero-order valence-corrected chi connectivity index (χ0v) is 18.1. The van der Waals surface area contributed by atoms with Crippen molar-refractivity contribution in [2.24, 2.45) is 0 Å². The molecular weight excluding hydrogens is 430 g/mol. The van der Waals surface area contributed by atoms with E-state index in [1.54, 1.807) is 12.1 Å². The molecule has 0 saturated carbocycles. The maximum absolute atomic E-state index is 13.2. The fourth-order valence-electron chi connectivity index (χ4n) is 3.72. The molecule has 31 heavy (non-hydrogen) atoms. The summed E-state index contributed by atoms with van der Waals surface area (Å²) in [6.07, 6.45) is 0.674. The summed E-state index contributed by atoms with van der Waals surface area (Å²) in [6, 6.07) is 21.7. The first-order valence-corrected chi connectivity index (χ1v) is 12.1. The molecule has 1 aliphatic rings. The minimum Gasteiger partial charge on any atom is -0.298 e. The van der Waals surface area contributed by atoms with Crippen LogP contribution in [0.15, 0.2) is 77.7 Å². The highest BCUT2D eigenvalue weighted by atomic mass is 32.2. The highest BCUT2D eigenvalue weighted by Gasteiger charge is 2.28. The molecule has 1 aromatic heterocycles. The van der Waals surface area contributed by atoms with E-state index in [9.17, 15) is 13.2 Å². The highest BCUT2D eigenvalue weighted by Crippen LogP contribution is 2.27. The van der Waals surface area contributed by atoms with Gasteiger partial charge < -0.3 is 0 Å². The Morgan fingerprint density at radius 2 is 1.74 bits per heavy atom. The normalized spacial score (nSPS) is 14.3. The maximum Gasteiger partial charge on any atom is 0.257 e. The number of fused-ring (bicyclic) bond motifs is 2. The van der Waals surface area contributed by atoms with Crippen molar-refractivity contribution < 1.29 is 13.2 Å². The number of aromatic nitrogens is 1. The number of benzene rings is 3. The van der Waals surface area contributed by atoms with Gasteiger partial charge >= 0.3 is 0 Å². The van der Waals surface area contributed by atoms with Crippen LogP contribution in [0.25, 0.3) is 10.2 Å². The van der Waals surface area contributed by atoms with Gasteiger partial charge in [0.2, 0.25) is 10.0 Å². The van der Waals surface area contributed by atoms with E-state index in [-0.39, 0.29) is 16.4 Å². The van der Waals surface area contributed by atoms with Gasteiger partial charge in [-0.05, 0) is 47.9 Å². The summed E-state index contributed by atoms with van der Waals surface area (Å²) >= 11 is 1.38. The van der Waals surface area contributed by atoms with Gasteiger partial charge in [0.05, 0.1) is 15.1 Å². The lowest BCUT2D eigenvalue weighted by molar-refractivity contribution is 0.102. The molecule has 0 atom stereocenters. The number of hydrogen-bond acceptors (Lipinski definition) is 5. The largest absolute Gasteiger partial charge is 0.298 e. The van der Waals surface area contributed by atoms with E-state index in [1.807, 2.05) is 48.5 Å². The summed E-state index contributed by atoms with van der Waals surface area (Å²) in [4.78, 5) is 17.3. The van der Waals surface area contributed by atoms with Crippen molar-refractivity contribution in [3.05, 3.63) is 89.5 Å². The van der Waals surface area contributed by atoms with E-state index in [2.05, 4.69) is 10.3 Å². The van der Waals surface area contributed by atoms with E-state index in [4.69, 9.17) is 0 Å². The standard InChI is InChI=1S/C23H19N3O3S2/c27-22(25-23-24-20-10-3-4-11-21(20)30-23)17-8-5-9-19(14-17)31(28,29)26-13-12-16-6-1-2-7-18(16)15-26/h1-11,14H,12-13,15H2,(H,24,25,27). The number of nitrogens with zero attached hydrogens (tertiary/aromatic N) is 2. The summed E-state index contributed by atoms with van der Waals surface area (Å²) in [6.45, 7) is 0.752. The number of anilines is 1. The number of nitrogens with one attached hydrogen (secondary N) is 1. The van der Waals surface area contributed by atoms with Crippen molar-refractivity contribution in [2.45, 2.75) is 17.9 Å². The summed E-state index contributed by atoms with van der Waals surface area (Å²) in [5, 5.41) is 3.26. The molecule has 3 aromatic carbocycles. The molecular formula is C23H19N3O3S2. The molecule has 8 heteroatoms. The van der Waals surface area contributed by atoms with Crippen LogP contribution in [0.3, 0.4) is 0 Å². The van der Waals surface area contributed by atoms with Gasteiger partial charge in [-0.25, -0.2) is 13.4 Å². The van der Waals surface area contributed by atoms with E-state index in [1.165, 1.54) is 33.3 Å². The predicted octanol–water partition coefficient (Wildman–Crippen LogP) is 4.30. The highest BCUT2D eigenvalue weighted by molar-refractivity contribution is 7.89. The molecule has 0 aliphatic carbocycles. The van der Waals surface area contributed by atoms with Crippen molar-refractivity contribution in [1.82, 2.24) is 9.29 Å². The van der Waals surface area contributed by atoms with Gasteiger partial charge in [0.15, 0.2) is 5.13 Å². The number of amides is 1. The Morgan fingerprint density at radius 1 is 0.968 bits per heavy atom. The van der Waals surface area contributed by atoms with Gasteiger partial charge in [0, 0.05) is 18.7 Å². The smallest absolute Gasteiger partial charge is 0.257 e. The zero-order chi connectivity index (χ0) is 21.4. The van der Waals surface area contributed by atoms with Gasteiger partial charge in [-0.3, -0.25) is 10.1 Å². The summed E-state index contributed by atoms with van der Waals surface area (Å²) in [7, 11) is -3.71. The fourth-order valence-corrected chi connectivity index (χ4v) is 6.04. The molecule has 0 saturated heterocycles. The van der Waals surface area contributed by atoms with Crippen LogP contribution in [0.5, 0.6) is 0 Å². The molecule has 0 bridgehead atoms. The Balaban J connectivity index is 1.38. The molecule has 0 spiro atoms. The predicted molar refractivity (Wildman–Crippen MR) is 122 cm³/mol. The second-order valence-electron chi connectivity index (χ2n) is 7.33. The minimum atomic E-state index is -3.71. The topological polar surface area (TPSA) is 79.4 Å². The SMILES string of the molecule is O=C(Nc1nc2ccccc2s1)c1cccc(S(=O)(=O)N2CCc3ccccc3C2)c1. The van der Waals surface area contributed by atoms with E-state index in [0.717, 1.165) is 15.8 Å². The second-order valence-corrected chi connectivity index (χ2v) is 10.3. The van der Waals surface area contributed by atoms with Crippen LogP contribution in [0.2, 0.25) is 0 Å². The van der Waals surface area contributed by atoms with Gasteiger partial charge in [-0.15, -0.1) is 0 Å². The van der Waals surface area contributed by atoms with Gasteiger partial charge in [-0.1, -0.05) is 53.8 Å². The van der Waals surface area contributed by atoms with Crippen molar-refractivity contribution in [2.75, 3.05) is 11.9 Å². The van der Waals surface area contributed by atoms with Crippen LogP contribution < -0.4 is 5.32 Å². The van der Waals surface area contributed by atoms with Gasteiger partial charge in [0.1, 0.15) is 0 Å². The van der Waals surface area contributed by atoms with Gasteiger partial charge in [-0.2, -0.15) is 4.31 Å². The summed E-state index contributed by atoms with van der Waals surface area (Å²) in [5.41, 5.74) is 3.28. The Hall–Kier alpha value is -3.07. The van der Waals surface area contributed by atoms with Crippen LogP contribution in [0.1, 0.15) is 21.5 Å². The number of para-hydroxylation sites is 1. The van der Waals surface area contributed by atoms with E-state index < -0.39 is 10.0 Å². The molecule has 1 N–H and O–H groups in total. The number of carbonyl (C=O) groups is 1. The average Bonchev–Trinajstić information content (AvgIpc) is 3.21. The average molecular weight is 450 g/mol. The van der Waals surface area contributed by atoms with Crippen molar-refractivity contribution >= 4 is 42.6 Å². The van der Waals surface area contributed by atoms with Crippen LogP contribution in [0, 0.1) is 0 Å². The molecule has 0 radical (unpaired) electrons. The lowest BCUT2D eigenvalue weighted by atomic mass is 10.0. The first-order valence-electron chi connectivity index (χ1n) is 9.85. The second kappa shape index (κ2) is 7.88. The van der Waals surface area contributed by atoms with Crippen molar-refractivity contribution in [3.63, 3.8) is 0 Å². The van der Waals surface area contributed by atoms with Crippen LogP contribution in [-0.4, -0.2) is 30.2 Å². The van der Waals surface area contributed by atoms with E-state index >= 15 is 0 Å². The Morgan fingerprint density at radius 3 is 2.58 bits per heavy atom. The molecule has 6 nitrogen and oxygen atoms in total. The molecule has 1 amide bonds. The van der Waals surface area contributed by atoms with Crippen LogP contribution >= 0.6 is 11.3 Å². The number of sulfonamides is 1. The first kappa shape index (κ1) is 19.9. The van der Waals surface area contributed by atoms with E-state index in [0.29, 0.717) is 24.6 Å². The van der Waals surface area contributed by atoms with Crippen molar-refractivity contribution in [1.29, 1.82) is 0 Å². The Kier molecular flexibility index (Phi) is 5.05. The number of hydrogen-bond donors (Lipinski definition) is 1. The molecule has 0 unspecified atom stereocenters. The van der Waals surface area contributed by atoms with Crippen LogP contribution in [-0.2, 0) is 23.0 Å². The molecule has 1 aliphatic heterocycles. The monoisotopic (exact) mass is 449 g/mol. The summed E-state index contributed by atoms with van der Waals surface area (Å²) < 4.78 is 28.9. The summed E-state index contributed by atoms with van der Waals surface area (Å²) in [5.74, 6) is -0.389.